The van der Waals surface area contributed by atoms with Gasteiger partial charge in [-0.1, -0.05) is 23.7 Å². The molecule has 1 heterocycles. The van der Waals surface area contributed by atoms with Crippen molar-refractivity contribution in [1.29, 1.82) is 0 Å². The Morgan fingerprint density at radius 1 is 1.04 bits per heavy atom. The van der Waals surface area contributed by atoms with Crippen LogP contribution in [0.1, 0.15) is 24.8 Å². The first-order valence-electron chi connectivity index (χ1n) is 8.30. The lowest BCUT2D eigenvalue weighted by molar-refractivity contribution is -0.111. The molecule has 1 fully saturated rings. The molecule has 3 rings (SSSR count). The van der Waals surface area contributed by atoms with E-state index in [0.717, 1.165) is 24.3 Å². The highest BCUT2D eigenvalue weighted by molar-refractivity contribution is 6.30. The van der Waals surface area contributed by atoms with Crippen molar-refractivity contribution in [3.05, 3.63) is 65.2 Å². The Morgan fingerprint density at radius 2 is 1.79 bits per heavy atom. The van der Waals surface area contributed by atoms with Crippen LogP contribution in [0.5, 0.6) is 0 Å². The van der Waals surface area contributed by atoms with Crippen LogP contribution in [-0.2, 0) is 4.79 Å². The number of carbonyl (C=O) groups is 1. The van der Waals surface area contributed by atoms with Crippen LogP contribution in [0.3, 0.4) is 0 Å². The van der Waals surface area contributed by atoms with Crippen LogP contribution < -0.4 is 10.2 Å². The number of nitrogens with one attached hydrogen (secondary N) is 1. The van der Waals surface area contributed by atoms with Gasteiger partial charge in [-0.15, -0.1) is 0 Å². The summed E-state index contributed by atoms with van der Waals surface area (Å²) in [5.74, 6) is -0.152. The van der Waals surface area contributed by atoms with Crippen LogP contribution >= 0.6 is 11.6 Å². The normalized spacial score (nSPS) is 14.8. The van der Waals surface area contributed by atoms with E-state index in [9.17, 15) is 4.79 Å². The first kappa shape index (κ1) is 16.6. The van der Waals surface area contributed by atoms with Crippen molar-refractivity contribution in [2.75, 3.05) is 23.3 Å². The number of hydrogen-bond donors (Lipinski definition) is 1. The smallest absolute Gasteiger partial charge is 0.248 e. The van der Waals surface area contributed by atoms with E-state index in [1.165, 1.54) is 31.0 Å². The van der Waals surface area contributed by atoms with Gasteiger partial charge in [0.25, 0.3) is 0 Å². The second kappa shape index (κ2) is 8.02. The summed E-state index contributed by atoms with van der Waals surface area (Å²) in [6.07, 6.45) is 7.11. The average Bonchev–Trinajstić information content (AvgIpc) is 2.61. The van der Waals surface area contributed by atoms with Crippen LogP contribution in [-0.4, -0.2) is 19.0 Å². The molecule has 0 saturated carbocycles. The number of nitrogens with zero attached hydrogens (tertiary/aromatic N) is 1. The molecule has 2 aromatic carbocycles. The van der Waals surface area contributed by atoms with E-state index in [-0.39, 0.29) is 5.91 Å². The number of carbonyl (C=O) groups excluding carboxylic acids is 1. The van der Waals surface area contributed by atoms with Crippen molar-refractivity contribution in [2.45, 2.75) is 19.3 Å². The molecule has 1 amide bonds. The lowest BCUT2D eigenvalue weighted by atomic mass is 10.1. The van der Waals surface area contributed by atoms with Crippen molar-refractivity contribution < 1.29 is 4.79 Å². The maximum Gasteiger partial charge on any atom is 0.248 e. The van der Waals surface area contributed by atoms with Gasteiger partial charge in [-0.05, 0) is 67.3 Å². The molecule has 0 spiro atoms. The van der Waals surface area contributed by atoms with E-state index in [2.05, 4.69) is 22.3 Å². The Kier molecular flexibility index (Phi) is 5.55. The zero-order chi connectivity index (χ0) is 16.8. The van der Waals surface area contributed by atoms with Gasteiger partial charge in [0.2, 0.25) is 5.91 Å². The summed E-state index contributed by atoms with van der Waals surface area (Å²) in [6, 6.07) is 15.4. The van der Waals surface area contributed by atoms with Crippen LogP contribution in [0.4, 0.5) is 11.4 Å². The number of rotatable bonds is 4. The van der Waals surface area contributed by atoms with E-state index in [4.69, 9.17) is 11.6 Å². The van der Waals surface area contributed by atoms with Crippen LogP contribution in [0, 0.1) is 0 Å². The molecule has 2 aromatic rings. The SMILES string of the molecule is O=C(/C=C/c1cccc(Cl)c1)Nc1ccc(N2CCCCC2)cc1. The molecule has 1 aliphatic heterocycles. The summed E-state index contributed by atoms with van der Waals surface area (Å²) >= 11 is 5.93. The van der Waals surface area contributed by atoms with E-state index >= 15 is 0 Å². The van der Waals surface area contributed by atoms with Crippen molar-refractivity contribution in [3.63, 3.8) is 0 Å². The second-order valence-corrected chi connectivity index (χ2v) is 6.41. The molecule has 124 valence electrons. The van der Waals surface area contributed by atoms with E-state index in [0.29, 0.717) is 5.02 Å². The molecule has 24 heavy (non-hydrogen) atoms. The van der Waals surface area contributed by atoms with Gasteiger partial charge < -0.3 is 10.2 Å². The third kappa shape index (κ3) is 4.62. The Labute approximate surface area is 147 Å². The second-order valence-electron chi connectivity index (χ2n) is 5.97. The van der Waals surface area contributed by atoms with Gasteiger partial charge in [0.1, 0.15) is 0 Å². The highest BCUT2D eigenvalue weighted by atomic mass is 35.5. The zero-order valence-electron chi connectivity index (χ0n) is 13.5. The Bertz CT molecular complexity index is 719. The third-order valence-corrected chi connectivity index (χ3v) is 4.37. The third-order valence-electron chi connectivity index (χ3n) is 4.13. The van der Waals surface area contributed by atoms with E-state index in [1.807, 2.05) is 36.4 Å². The van der Waals surface area contributed by atoms with Crippen molar-refractivity contribution in [1.82, 2.24) is 0 Å². The number of hydrogen-bond acceptors (Lipinski definition) is 2. The van der Waals surface area contributed by atoms with E-state index in [1.54, 1.807) is 6.08 Å². The molecule has 1 N–H and O–H groups in total. The average molecular weight is 341 g/mol. The van der Waals surface area contributed by atoms with Gasteiger partial charge in [-0.3, -0.25) is 4.79 Å². The topological polar surface area (TPSA) is 32.3 Å². The monoisotopic (exact) mass is 340 g/mol. The highest BCUT2D eigenvalue weighted by Crippen LogP contribution is 2.21. The maximum absolute atomic E-state index is 12.0. The zero-order valence-corrected chi connectivity index (χ0v) is 14.3. The van der Waals surface area contributed by atoms with E-state index < -0.39 is 0 Å². The van der Waals surface area contributed by atoms with Crippen molar-refractivity contribution in [3.8, 4) is 0 Å². The summed E-state index contributed by atoms with van der Waals surface area (Å²) in [4.78, 5) is 14.4. The quantitative estimate of drug-likeness (QED) is 0.796. The van der Waals surface area contributed by atoms with Crippen LogP contribution in [0.2, 0.25) is 5.02 Å². The first-order valence-corrected chi connectivity index (χ1v) is 8.68. The molecule has 0 aromatic heterocycles. The fourth-order valence-electron chi connectivity index (χ4n) is 2.87. The fourth-order valence-corrected chi connectivity index (χ4v) is 3.07. The predicted octanol–water partition coefficient (Wildman–Crippen LogP) is 4.98. The molecule has 0 atom stereocenters. The molecular formula is C20H21ClN2O. The Hall–Kier alpha value is -2.26. The summed E-state index contributed by atoms with van der Waals surface area (Å²) in [5, 5.41) is 3.54. The minimum atomic E-state index is -0.152. The first-order chi connectivity index (χ1) is 11.7. The number of amides is 1. The molecule has 3 nitrogen and oxygen atoms in total. The number of anilines is 2. The number of halogens is 1. The van der Waals surface area contributed by atoms with Crippen molar-refractivity contribution >= 4 is 35.0 Å². The van der Waals surface area contributed by atoms with Crippen molar-refractivity contribution in [2.24, 2.45) is 0 Å². The summed E-state index contributed by atoms with van der Waals surface area (Å²) < 4.78 is 0. The molecular weight excluding hydrogens is 320 g/mol. The lowest BCUT2D eigenvalue weighted by Crippen LogP contribution is -2.29. The van der Waals surface area contributed by atoms with Crippen LogP contribution in [0.15, 0.2) is 54.6 Å². The molecule has 1 aliphatic rings. The Morgan fingerprint density at radius 3 is 2.50 bits per heavy atom. The standard InChI is InChI=1S/C20H21ClN2O/c21-17-6-4-5-16(15-17)7-12-20(24)22-18-8-10-19(11-9-18)23-13-2-1-3-14-23/h4-12,15H,1-3,13-14H2,(H,22,24)/b12-7+. The fraction of sp³-hybridized carbons (Fsp3) is 0.250. The molecule has 4 heteroatoms. The molecule has 0 aliphatic carbocycles. The number of piperidine rings is 1. The summed E-state index contributed by atoms with van der Waals surface area (Å²) in [7, 11) is 0. The van der Waals surface area contributed by atoms with Gasteiger partial charge in [-0.25, -0.2) is 0 Å². The largest absolute Gasteiger partial charge is 0.372 e. The van der Waals surface area contributed by atoms with Gasteiger partial charge in [0, 0.05) is 35.6 Å². The maximum atomic E-state index is 12.0. The predicted molar refractivity (Wildman–Crippen MR) is 102 cm³/mol. The summed E-state index contributed by atoms with van der Waals surface area (Å²) in [6.45, 7) is 2.24. The molecule has 0 bridgehead atoms. The molecule has 0 unspecified atom stereocenters. The van der Waals surface area contributed by atoms with Crippen LogP contribution in [0.25, 0.3) is 6.08 Å². The highest BCUT2D eigenvalue weighted by Gasteiger charge is 2.10. The number of benzene rings is 2. The summed E-state index contributed by atoms with van der Waals surface area (Å²) in [5.41, 5.74) is 2.93. The lowest BCUT2D eigenvalue weighted by Gasteiger charge is -2.28. The van der Waals surface area contributed by atoms with Gasteiger partial charge in [0.05, 0.1) is 0 Å². The van der Waals surface area contributed by atoms with Gasteiger partial charge in [-0.2, -0.15) is 0 Å². The minimum Gasteiger partial charge on any atom is -0.372 e. The van der Waals surface area contributed by atoms with Gasteiger partial charge in [0.15, 0.2) is 0 Å². The molecule has 0 radical (unpaired) electrons. The van der Waals surface area contributed by atoms with Gasteiger partial charge >= 0.3 is 0 Å². The minimum absolute atomic E-state index is 0.152. The molecule has 1 saturated heterocycles. The Balaban J connectivity index is 1.58.